The fourth-order valence-electron chi connectivity index (χ4n) is 2.24. The minimum absolute atomic E-state index is 0.0998. The third-order valence-electron chi connectivity index (χ3n) is 3.32. The zero-order chi connectivity index (χ0) is 18.1. The first kappa shape index (κ1) is 19.5. The second-order valence-corrected chi connectivity index (χ2v) is 7.96. The van der Waals surface area contributed by atoms with Crippen molar-refractivity contribution in [2.75, 3.05) is 0 Å². The molecule has 6 heteroatoms. The molecule has 0 bridgehead atoms. The molecule has 23 heavy (non-hydrogen) atoms. The molecule has 0 amide bonds. The smallest absolute Gasteiger partial charge is 0.324 e. The standard InChI is InChI=1S/C17H28O6/c1-8-12(18)21-11-9-17(10-11,13(19)22-15(2,3)4)14(20)23-16(5,6)7/h11H,8-10H2,1-7H3. The van der Waals surface area contributed by atoms with E-state index in [9.17, 15) is 14.4 Å². The molecule has 1 aliphatic carbocycles. The minimum Gasteiger partial charge on any atom is -0.462 e. The highest BCUT2D eigenvalue weighted by atomic mass is 16.6. The van der Waals surface area contributed by atoms with Crippen molar-refractivity contribution in [1.82, 2.24) is 0 Å². The van der Waals surface area contributed by atoms with Crippen LogP contribution in [-0.4, -0.2) is 35.2 Å². The van der Waals surface area contributed by atoms with E-state index in [4.69, 9.17) is 14.2 Å². The molecule has 0 aromatic rings. The lowest BCUT2D eigenvalue weighted by Crippen LogP contribution is -2.57. The maximum atomic E-state index is 12.5. The van der Waals surface area contributed by atoms with Crippen LogP contribution in [0, 0.1) is 5.41 Å². The molecule has 1 aliphatic rings. The molecular formula is C17H28O6. The lowest BCUT2D eigenvalue weighted by atomic mass is 9.66. The number of hydrogen-bond donors (Lipinski definition) is 0. The zero-order valence-electron chi connectivity index (χ0n) is 15.1. The van der Waals surface area contributed by atoms with Crippen molar-refractivity contribution in [3.8, 4) is 0 Å². The molecule has 132 valence electrons. The molecule has 1 saturated carbocycles. The number of carbonyl (C=O) groups excluding carboxylic acids is 3. The summed E-state index contributed by atoms with van der Waals surface area (Å²) in [7, 11) is 0. The first-order chi connectivity index (χ1) is 10.3. The van der Waals surface area contributed by atoms with Gasteiger partial charge in [-0.3, -0.25) is 14.4 Å². The van der Waals surface area contributed by atoms with Crippen molar-refractivity contribution in [1.29, 1.82) is 0 Å². The molecule has 0 N–H and O–H groups in total. The van der Waals surface area contributed by atoms with Crippen LogP contribution in [0.3, 0.4) is 0 Å². The minimum atomic E-state index is -1.39. The van der Waals surface area contributed by atoms with Crippen molar-refractivity contribution in [2.45, 2.75) is 85.0 Å². The van der Waals surface area contributed by atoms with Crippen molar-refractivity contribution >= 4 is 17.9 Å². The molecule has 0 saturated heterocycles. The summed E-state index contributed by atoms with van der Waals surface area (Å²) in [5, 5.41) is 0. The monoisotopic (exact) mass is 328 g/mol. The summed E-state index contributed by atoms with van der Waals surface area (Å²) in [5.74, 6) is -1.59. The van der Waals surface area contributed by atoms with Gasteiger partial charge in [0.25, 0.3) is 0 Å². The Hall–Kier alpha value is -1.59. The number of carbonyl (C=O) groups is 3. The Morgan fingerprint density at radius 3 is 1.61 bits per heavy atom. The van der Waals surface area contributed by atoms with E-state index in [0.717, 1.165) is 0 Å². The quantitative estimate of drug-likeness (QED) is 0.448. The Bertz CT molecular complexity index is 444. The molecule has 0 atom stereocenters. The summed E-state index contributed by atoms with van der Waals surface area (Å²) in [6, 6.07) is 0. The van der Waals surface area contributed by atoms with Crippen molar-refractivity contribution in [2.24, 2.45) is 5.41 Å². The molecule has 0 unspecified atom stereocenters. The predicted molar refractivity (Wildman–Crippen MR) is 83.5 cm³/mol. The topological polar surface area (TPSA) is 78.9 Å². The lowest BCUT2D eigenvalue weighted by molar-refractivity contribution is -0.205. The van der Waals surface area contributed by atoms with E-state index in [0.29, 0.717) is 0 Å². The van der Waals surface area contributed by atoms with Gasteiger partial charge in [0.1, 0.15) is 17.3 Å². The van der Waals surface area contributed by atoms with Gasteiger partial charge >= 0.3 is 17.9 Å². The molecular weight excluding hydrogens is 300 g/mol. The maximum absolute atomic E-state index is 12.5. The van der Waals surface area contributed by atoms with E-state index in [1.807, 2.05) is 0 Å². The van der Waals surface area contributed by atoms with Crippen molar-refractivity contribution in [3.05, 3.63) is 0 Å². The van der Waals surface area contributed by atoms with E-state index >= 15 is 0 Å². The predicted octanol–water partition coefficient (Wildman–Crippen LogP) is 2.77. The molecule has 1 fully saturated rings. The van der Waals surface area contributed by atoms with Gasteiger partial charge in [-0.1, -0.05) is 6.92 Å². The Labute approximate surface area is 137 Å². The number of ether oxygens (including phenoxy) is 3. The number of esters is 3. The van der Waals surface area contributed by atoms with Crippen LogP contribution in [0.1, 0.15) is 67.7 Å². The van der Waals surface area contributed by atoms with Gasteiger partial charge < -0.3 is 14.2 Å². The van der Waals surface area contributed by atoms with Crippen LogP contribution in [0.2, 0.25) is 0 Å². The average molecular weight is 328 g/mol. The van der Waals surface area contributed by atoms with E-state index in [-0.39, 0.29) is 25.2 Å². The fourth-order valence-corrected chi connectivity index (χ4v) is 2.24. The zero-order valence-corrected chi connectivity index (χ0v) is 15.1. The molecule has 0 aliphatic heterocycles. The second-order valence-electron chi connectivity index (χ2n) is 7.96. The van der Waals surface area contributed by atoms with Crippen LogP contribution in [0.4, 0.5) is 0 Å². The second kappa shape index (κ2) is 6.49. The first-order valence-corrected chi connectivity index (χ1v) is 7.95. The Balaban J connectivity index is 2.89. The van der Waals surface area contributed by atoms with Gasteiger partial charge in [-0.15, -0.1) is 0 Å². The third-order valence-corrected chi connectivity index (χ3v) is 3.32. The normalized spacial score (nSPS) is 17.9. The molecule has 1 rings (SSSR count). The van der Waals surface area contributed by atoms with Gasteiger partial charge in [0.2, 0.25) is 0 Å². The summed E-state index contributed by atoms with van der Waals surface area (Å²) >= 11 is 0. The van der Waals surface area contributed by atoms with E-state index in [1.165, 1.54) is 0 Å². The summed E-state index contributed by atoms with van der Waals surface area (Å²) in [6.07, 6.45) is -0.00414. The van der Waals surface area contributed by atoms with Crippen LogP contribution in [-0.2, 0) is 28.6 Å². The molecule has 0 spiro atoms. The highest BCUT2D eigenvalue weighted by molar-refractivity contribution is 6.01. The fraction of sp³-hybridized carbons (Fsp3) is 0.824. The van der Waals surface area contributed by atoms with Crippen LogP contribution in [0.5, 0.6) is 0 Å². The maximum Gasteiger partial charge on any atom is 0.324 e. The highest BCUT2D eigenvalue weighted by Gasteiger charge is 2.61. The van der Waals surface area contributed by atoms with Crippen LogP contribution >= 0.6 is 0 Å². The van der Waals surface area contributed by atoms with E-state index < -0.39 is 34.7 Å². The van der Waals surface area contributed by atoms with Crippen LogP contribution in [0.25, 0.3) is 0 Å². The average Bonchev–Trinajstić information content (AvgIpc) is 2.27. The van der Waals surface area contributed by atoms with Gasteiger partial charge in [0.15, 0.2) is 5.41 Å². The van der Waals surface area contributed by atoms with Gasteiger partial charge in [0, 0.05) is 19.3 Å². The highest BCUT2D eigenvalue weighted by Crippen LogP contribution is 2.46. The summed E-state index contributed by atoms with van der Waals surface area (Å²) in [6.45, 7) is 12.1. The Kier molecular flexibility index (Phi) is 5.49. The first-order valence-electron chi connectivity index (χ1n) is 7.95. The van der Waals surface area contributed by atoms with Gasteiger partial charge in [-0.05, 0) is 41.5 Å². The van der Waals surface area contributed by atoms with Crippen LogP contribution < -0.4 is 0 Å². The van der Waals surface area contributed by atoms with E-state index in [1.54, 1.807) is 48.5 Å². The molecule has 0 aromatic carbocycles. The van der Waals surface area contributed by atoms with Crippen LogP contribution in [0.15, 0.2) is 0 Å². The van der Waals surface area contributed by atoms with Gasteiger partial charge in [0.05, 0.1) is 0 Å². The third kappa shape index (κ3) is 5.22. The molecule has 0 heterocycles. The summed E-state index contributed by atoms with van der Waals surface area (Å²) in [4.78, 5) is 36.4. The van der Waals surface area contributed by atoms with Gasteiger partial charge in [-0.25, -0.2) is 0 Å². The molecule has 6 nitrogen and oxygen atoms in total. The number of rotatable bonds is 4. The molecule has 0 radical (unpaired) electrons. The molecule has 0 aromatic heterocycles. The lowest BCUT2D eigenvalue weighted by Gasteiger charge is -2.44. The van der Waals surface area contributed by atoms with Crippen molar-refractivity contribution < 1.29 is 28.6 Å². The van der Waals surface area contributed by atoms with Crippen molar-refractivity contribution in [3.63, 3.8) is 0 Å². The largest absolute Gasteiger partial charge is 0.462 e. The summed E-state index contributed by atoms with van der Waals surface area (Å²) < 4.78 is 16.0. The Morgan fingerprint density at radius 2 is 1.30 bits per heavy atom. The number of hydrogen-bond acceptors (Lipinski definition) is 6. The van der Waals surface area contributed by atoms with E-state index in [2.05, 4.69) is 0 Å². The Morgan fingerprint density at radius 1 is 0.913 bits per heavy atom. The SMILES string of the molecule is CCC(=O)OC1CC(C(=O)OC(C)(C)C)(C(=O)OC(C)(C)C)C1. The summed E-state index contributed by atoms with van der Waals surface area (Å²) in [5.41, 5.74) is -2.81. The van der Waals surface area contributed by atoms with Gasteiger partial charge in [-0.2, -0.15) is 0 Å².